The van der Waals surface area contributed by atoms with Gasteiger partial charge in [-0.1, -0.05) is 11.3 Å². The van der Waals surface area contributed by atoms with Crippen molar-refractivity contribution in [2.45, 2.75) is 13.2 Å². The minimum absolute atomic E-state index is 0.298. The van der Waals surface area contributed by atoms with E-state index < -0.39 is 0 Å². The van der Waals surface area contributed by atoms with Crippen molar-refractivity contribution in [2.24, 2.45) is 0 Å². The number of nitrogens with zero attached hydrogens (tertiary/aromatic N) is 5. The molecule has 10 heteroatoms. The van der Waals surface area contributed by atoms with E-state index in [1.165, 1.54) is 0 Å². The maximum Gasteiger partial charge on any atom is 0.134 e. The van der Waals surface area contributed by atoms with E-state index in [1.807, 2.05) is 54.7 Å². The average molecular weight is 472 g/mol. The van der Waals surface area contributed by atoms with E-state index in [9.17, 15) is 0 Å². The molecule has 0 unspecified atom stereocenters. The van der Waals surface area contributed by atoms with E-state index in [0.717, 1.165) is 39.0 Å². The summed E-state index contributed by atoms with van der Waals surface area (Å²) in [6, 6.07) is 18.7. The van der Waals surface area contributed by atoms with Crippen molar-refractivity contribution in [3.05, 3.63) is 72.6 Å². The molecule has 5 rings (SSSR count). The topological polar surface area (TPSA) is 136 Å². The minimum atomic E-state index is 0.298. The molecule has 4 N–H and O–H groups in total. The van der Waals surface area contributed by atoms with Crippen molar-refractivity contribution in [1.82, 2.24) is 25.0 Å². The molecule has 0 spiro atoms. The van der Waals surface area contributed by atoms with Crippen molar-refractivity contribution < 1.29 is 14.2 Å². The largest absolute Gasteiger partial charge is 0.491 e. The second kappa shape index (κ2) is 10.2. The highest BCUT2D eigenvalue weighted by Crippen LogP contribution is 2.25. The van der Waals surface area contributed by atoms with Crippen LogP contribution in [0.3, 0.4) is 0 Å². The molecule has 35 heavy (non-hydrogen) atoms. The Morgan fingerprint density at radius 1 is 0.800 bits per heavy atom. The molecular weight excluding hydrogens is 446 g/mol. The Labute approximate surface area is 201 Å². The number of hydrogen-bond acceptors (Lipinski definition) is 9. The molecule has 0 aliphatic carbocycles. The number of nitrogens with two attached hydrogens (primary N) is 2. The van der Waals surface area contributed by atoms with Crippen LogP contribution in [0.15, 0.2) is 66.9 Å². The van der Waals surface area contributed by atoms with Crippen molar-refractivity contribution in [3.63, 3.8) is 0 Å². The third-order valence-corrected chi connectivity index (χ3v) is 5.32. The Morgan fingerprint density at radius 3 is 2.57 bits per heavy atom. The van der Waals surface area contributed by atoms with Crippen LogP contribution in [0.4, 0.5) is 11.6 Å². The highest BCUT2D eigenvalue weighted by molar-refractivity contribution is 5.86. The van der Waals surface area contributed by atoms with E-state index >= 15 is 0 Å². The Balaban J connectivity index is 1.04. The lowest BCUT2D eigenvalue weighted by Gasteiger charge is -2.08. The fraction of sp³-hybridized carbons (Fsp3) is 0.200. The Kier molecular flexibility index (Phi) is 6.53. The molecule has 0 aliphatic rings. The van der Waals surface area contributed by atoms with E-state index in [2.05, 4.69) is 20.3 Å². The quantitative estimate of drug-likeness (QED) is 0.294. The van der Waals surface area contributed by atoms with Gasteiger partial charge in [0, 0.05) is 10.8 Å². The van der Waals surface area contributed by atoms with Gasteiger partial charge >= 0.3 is 0 Å². The maximum absolute atomic E-state index is 5.94. The van der Waals surface area contributed by atoms with Gasteiger partial charge in [0.25, 0.3) is 0 Å². The van der Waals surface area contributed by atoms with Gasteiger partial charge in [-0.2, -0.15) is 0 Å². The number of fused-ring (bicyclic) bond motifs is 2. The molecule has 0 atom stereocenters. The monoisotopic (exact) mass is 471 g/mol. The van der Waals surface area contributed by atoms with Crippen LogP contribution < -0.4 is 20.9 Å². The van der Waals surface area contributed by atoms with Crippen LogP contribution in [-0.2, 0) is 17.9 Å². The van der Waals surface area contributed by atoms with Crippen LogP contribution in [0.25, 0.3) is 21.8 Å². The molecule has 3 aromatic heterocycles. The van der Waals surface area contributed by atoms with Crippen molar-refractivity contribution in [3.8, 4) is 11.5 Å². The van der Waals surface area contributed by atoms with Crippen LogP contribution in [0.1, 0.15) is 5.69 Å². The summed E-state index contributed by atoms with van der Waals surface area (Å²) in [6.45, 7) is 2.27. The summed E-state index contributed by atoms with van der Waals surface area (Å²) in [6.07, 6.45) is 1.84. The zero-order chi connectivity index (χ0) is 24.0. The fourth-order valence-corrected chi connectivity index (χ4v) is 3.62. The molecule has 2 aromatic carbocycles. The van der Waals surface area contributed by atoms with Gasteiger partial charge in [-0.3, -0.25) is 0 Å². The summed E-state index contributed by atoms with van der Waals surface area (Å²) in [5, 5.41) is 10.2. The first-order valence-corrected chi connectivity index (χ1v) is 11.2. The van der Waals surface area contributed by atoms with E-state index in [0.29, 0.717) is 44.6 Å². The lowest BCUT2D eigenvalue weighted by Crippen LogP contribution is -2.11. The number of aromatic nitrogens is 5. The molecule has 0 saturated heterocycles. The van der Waals surface area contributed by atoms with Gasteiger partial charge in [0.2, 0.25) is 0 Å². The normalized spacial score (nSPS) is 11.2. The molecule has 0 bridgehead atoms. The highest BCUT2D eigenvalue weighted by atomic mass is 16.5. The molecule has 178 valence electrons. The number of nitrogen functional groups attached to an aromatic ring is 2. The highest BCUT2D eigenvalue weighted by Gasteiger charge is 2.07. The molecule has 0 saturated carbocycles. The number of ether oxygens (including phenoxy) is 3. The lowest BCUT2D eigenvalue weighted by molar-refractivity contribution is 0.0924. The molecule has 5 aromatic rings. The van der Waals surface area contributed by atoms with Crippen molar-refractivity contribution >= 4 is 33.4 Å². The van der Waals surface area contributed by atoms with Crippen LogP contribution in [0.5, 0.6) is 11.5 Å². The SMILES string of the molecule is Nc1ccc2cc(OCCOCCn3cc(COc4cccc5nc(N)ccc45)nn3)ccc2n1. The summed E-state index contributed by atoms with van der Waals surface area (Å²) >= 11 is 0. The number of anilines is 2. The lowest BCUT2D eigenvalue weighted by atomic mass is 10.2. The first-order chi connectivity index (χ1) is 17.1. The Hall–Kier alpha value is -4.44. The van der Waals surface area contributed by atoms with Crippen LogP contribution in [-0.4, -0.2) is 44.8 Å². The zero-order valence-corrected chi connectivity index (χ0v) is 19.0. The summed E-state index contributed by atoms with van der Waals surface area (Å²) in [4.78, 5) is 8.60. The van der Waals surface area contributed by atoms with Crippen molar-refractivity contribution in [1.29, 1.82) is 0 Å². The summed E-state index contributed by atoms with van der Waals surface area (Å²) in [7, 11) is 0. The number of benzene rings is 2. The Bertz CT molecular complexity index is 1450. The van der Waals surface area contributed by atoms with Gasteiger partial charge in [-0.15, -0.1) is 5.10 Å². The first kappa shape index (κ1) is 22.4. The van der Waals surface area contributed by atoms with Gasteiger partial charge in [0.15, 0.2) is 0 Å². The van der Waals surface area contributed by atoms with Gasteiger partial charge in [0.1, 0.15) is 42.0 Å². The number of hydrogen-bond donors (Lipinski definition) is 2. The van der Waals surface area contributed by atoms with Gasteiger partial charge < -0.3 is 25.7 Å². The second-order valence-electron chi connectivity index (χ2n) is 7.87. The predicted octanol–water partition coefficient (Wildman–Crippen LogP) is 3.21. The van der Waals surface area contributed by atoms with Gasteiger partial charge in [-0.05, 0) is 54.6 Å². The van der Waals surface area contributed by atoms with Crippen LogP contribution in [0.2, 0.25) is 0 Å². The predicted molar refractivity (Wildman–Crippen MR) is 133 cm³/mol. The number of rotatable bonds is 10. The van der Waals surface area contributed by atoms with Crippen molar-refractivity contribution in [2.75, 3.05) is 31.3 Å². The number of pyridine rings is 2. The fourth-order valence-electron chi connectivity index (χ4n) is 3.62. The third kappa shape index (κ3) is 5.56. The second-order valence-corrected chi connectivity index (χ2v) is 7.87. The molecule has 10 nitrogen and oxygen atoms in total. The average Bonchev–Trinajstić information content (AvgIpc) is 3.32. The molecule has 0 fully saturated rings. The van der Waals surface area contributed by atoms with E-state index in [1.54, 1.807) is 16.8 Å². The first-order valence-electron chi connectivity index (χ1n) is 11.2. The summed E-state index contributed by atoms with van der Waals surface area (Å²) in [5.41, 5.74) is 13.8. The smallest absolute Gasteiger partial charge is 0.134 e. The van der Waals surface area contributed by atoms with Crippen LogP contribution in [0, 0.1) is 0 Å². The van der Waals surface area contributed by atoms with E-state index in [4.69, 9.17) is 25.7 Å². The minimum Gasteiger partial charge on any atom is -0.491 e. The third-order valence-electron chi connectivity index (χ3n) is 5.32. The standard InChI is InChI=1S/C25H25N7O3/c26-24-8-4-17-14-19(5-7-21(17)28-24)34-13-12-33-11-10-32-15-18(30-31-32)16-35-23-3-1-2-22-20(23)6-9-25(27)29-22/h1-9,14-15H,10-13,16H2,(H2,26,28)(H2,27,29). The molecule has 0 radical (unpaired) electrons. The Morgan fingerprint density at radius 2 is 1.66 bits per heavy atom. The summed E-state index contributed by atoms with van der Waals surface area (Å²) < 4.78 is 19.1. The molecule has 3 heterocycles. The summed E-state index contributed by atoms with van der Waals surface area (Å²) in [5.74, 6) is 2.46. The zero-order valence-electron chi connectivity index (χ0n) is 19.0. The maximum atomic E-state index is 5.94. The molecular formula is C25H25N7O3. The van der Waals surface area contributed by atoms with Crippen LogP contribution >= 0.6 is 0 Å². The van der Waals surface area contributed by atoms with E-state index in [-0.39, 0.29) is 0 Å². The molecule has 0 amide bonds. The van der Waals surface area contributed by atoms with Gasteiger partial charge in [0.05, 0.1) is 37.0 Å². The molecule has 0 aliphatic heterocycles. The van der Waals surface area contributed by atoms with Gasteiger partial charge in [-0.25, -0.2) is 14.6 Å².